The number of fused-ring (bicyclic) bond motifs is 2. The summed E-state index contributed by atoms with van der Waals surface area (Å²) in [6.45, 7) is 21.3. The Labute approximate surface area is 340 Å². The molecule has 9 heterocycles. The van der Waals surface area contributed by atoms with Gasteiger partial charge in [-0.2, -0.15) is 0 Å². The molecule has 8 aliphatic rings. The average Bonchev–Trinajstić information content (AvgIpc) is 3.97. The minimum Gasteiger partial charge on any atom is -0.496 e. The molecule has 54 heavy (non-hydrogen) atoms. The molecule has 0 aliphatic carbocycles. The number of thioether (sulfide) groups is 4. The van der Waals surface area contributed by atoms with Crippen LogP contribution in [0, 0.1) is 11.3 Å². The number of thiophene rings is 1. The molecule has 0 amide bonds. The largest absolute Gasteiger partial charge is 0.496 e. The second-order valence-corrected chi connectivity index (χ2v) is 20.6. The van der Waals surface area contributed by atoms with Crippen LogP contribution in [0.2, 0.25) is 0 Å². The van der Waals surface area contributed by atoms with Crippen LogP contribution in [0.1, 0.15) is 61.3 Å². The summed E-state index contributed by atoms with van der Waals surface area (Å²) in [6, 6.07) is 0. The summed E-state index contributed by atoms with van der Waals surface area (Å²) < 4.78 is 59.7. The third-order valence-corrected chi connectivity index (χ3v) is 17.7. The third kappa shape index (κ3) is 7.42. The van der Waals surface area contributed by atoms with Crippen LogP contribution >= 0.6 is 58.4 Å². The second kappa shape index (κ2) is 16.9. The number of rotatable bonds is 1. The first-order chi connectivity index (χ1) is 26.3. The van der Waals surface area contributed by atoms with Crippen LogP contribution in [-0.2, 0) is 33.2 Å². The lowest BCUT2D eigenvalue weighted by Crippen LogP contribution is -2.36. The summed E-state index contributed by atoms with van der Waals surface area (Å²) in [5.74, 6) is 5.12. The quantitative estimate of drug-likeness (QED) is 0.277. The molecule has 0 bridgehead atoms. The maximum Gasteiger partial charge on any atom is 0.181 e. The molecule has 1 aromatic heterocycles. The summed E-state index contributed by atoms with van der Waals surface area (Å²) in [7, 11) is 0. The lowest BCUT2D eigenvalue weighted by atomic mass is 9.90. The lowest BCUT2D eigenvalue weighted by Gasteiger charge is -2.29. The van der Waals surface area contributed by atoms with Crippen molar-refractivity contribution in [3.8, 4) is 11.5 Å². The predicted octanol–water partition coefficient (Wildman–Crippen LogP) is 7.75. The van der Waals surface area contributed by atoms with Gasteiger partial charge in [0.1, 0.15) is 44.4 Å². The number of ether oxygens (including phenoxy) is 9. The lowest BCUT2D eigenvalue weighted by molar-refractivity contribution is -0.101. The van der Waals surface area contributed by atoms with E-state index in [4.69, 9.17) is 42.6 Å². The molecule has 9 nitrogen and oxygen atoms in total. The van der Waals surface area contributed by atoms with Crippen molar-refractivity contribution in [1.82, 2.24) is 0 Å². The first kappa shape index (κ1) is 39.5. The van der Waals surface area contributed by atoms with Gasteiger partial charge in [0, 0.05) is 30.1 Å². The van der Waals surface area contributed by atoms with Gasteiger partial charge in [-0.05, 0) is 24.2 Å². The van der Waals surface area contributed by atoms with Crippen LogP contribution in [-0.4, -0.2) is 95.4 Å². The molecule has 3 fully saturated rings. The Bertz CT molecular complexity index is 1870. The van der Waals surface area contributed by atoms with Crippen molar-refractivity contribution in [1.29, 1.82) is 0 Å². The van der Waals surface area contributed by atoms with E-state index in [1.807, 2.05) is 37.4 Å². The van der Waals surface area contributed by atoms with Crippen LogP contribution in [0.4, 0.5) is 0 Å². The topological polar surface area (TPSA) is 83.1 Å². The standard InChI is InChI=1S/C38H46O9S5.C2H6/c1-19(2)30-23-20(7-6-8-41-23)31(49-30)34-26-24(42-11-13-44-26)32(50-34)21-17-39-9-10-40-18-22(48-21)33-25-27(45-14-12-43-25)35(51-33)36-28-29(47-16-15-46-28)37(52-36)38(3,4)5;1-2/h19,25,27,30,37H,6-18H2,1-5H3;1-2H3/b32-21+,33-22+,34-31+,36-35+;. The molecule has 0 aromatic carbocycles. The van der Waals surface area contributed by atoms with E-state index in [0.717, 1.165) is 81.8 Å². The van der Waals surface area contributed by atoms with Crippen molar-refractivity contribution in [3.05, 3.63) is 51.5 Å². The molecule has 14 heteroatoms. The van der Waals surface area contributed by atoms with Gasteiger partial charge in [-0.15, -0.1) is 34.9 Å². The van der Waals surface area contributed by atoms with E-state index in [0.29, 0.717) is 77.2 Å². The van der Waals surface area contributed by atoms with Gasteiger partial charge in [0.25, 0.3) is 0 Å². The zero-order valence-electron chi connectivity index (χ0n) is 32.3. The van der Waals surface area contributed by atoms with Crippen LogP contribution in [0.15, 0.2) is 42.5 Å². The highest BCUT2D eigenvalue weighted by Crippen LogP contribution is 2.59. The zero-order valence-corrected chi connectivity index (χ0v) is 36.4. The highest BCUT2D eigenvalue weighted by atomic mass is 32.2. The van der Waals surface area contributed by atoms with E-state index < -0.39 is 0 Å². The van der Waals surface area contributed by atoms with E-state index in [9.17, 15) is 0 Å². The highest BCUT2D eigenvalue weighted by Gasteiger charge is 2.50. The normalized spacial score (nSPS) is 33.4. The summed E-state index contributed by atoms with van der Waals surface area (Å²) >= 11 is 9.02. The highest BCUT2D eigenvalue weighted by molar-refractivity contribution is 8.14. The minimum atomic E-state index is -0.236. The van der Waals surface area contributed by atoms with E-state index in [2.05, 4.69) is 34.6 Å². The monoisotopic (exact) mass is 836 g/mol. The van der Waals surface area contributed by atoms with Crippen LogP contribution in [0.25, 0.3) is 9.81 Å². The Morgan fingerprint density at radius 3 is 2.00 bits per heavy atom. The van der Waals surface area contributed by atoms with Crippen molar-refractivity contribution >= 4 is 68.2 Å². The predicted molar refractivity (Wildman–Crippen MR) is 221 cm³/mol. The van der Waals surface area contributed by atoms with Crippen LogP contribution < -0.4 is 18.5 Å². The van der Waals surface area contributed by atoms with E-state index in [1.54, 1.807) is 34.9 Å². The van der Waals surface area contributed by atoms with Crippen molar-refractivity contribution in [2.24, 2.45) is 11.3 Å². The molecule has 9 rings (SSSR count). The fraction of sp³-hybridized carbons (Fsp3) is 0.650. The number of hydrogen-bond acceptors (Lipinski definition) is 14. The summed E-state index contributed by atoms with van der Waals surface area (Å²) in [5, 5.41) is 0.465. The zero-order chi connectivity index (χ0) is 37.6. The Morgan fingerprint density at radius 1 is 0.630 bits per heavy atom. The van der Waals surface area contributed by atoms with Gasteiger partial charge in [-0.3, -0.25) is 0 Å². The van der Waals surface area contributed by atoms with Crippen molar-refractivity contribution in [2.45, 2.75) is 84.0 Å². The molecule has 0 spiro atoms. The van der Waals surface area contributed by atoms with Gasteiger partial charge in [-0.25, -0.2) is 0 Å². The van der Waals surface area contributed by atoms with Gasteiger partial charge in [0.05, 0.1) is 70.7 Å². The summed E-state index contributed by atoms with van der Waals surface area (Å²) in [6.07, 6.45) is 1.59. The second-order valence-electron chi connectivity index (χ2n) is 15.1. The minimum absolute atomic E-state index is 0.00885. The Balaban J connectivity index is 0.00000203. The SMILES string of the molecule is CC.CC(C)C1S/C(=c2/s/c(=C3\COCCOC/C(=C4\S/C(=C5/SC(C(C)(C)C)C6=C5OCCO6)C5OCCOC45)S3)c3c2OCCO3)C2=C1OCCC2. The summed E-state index contributed by atoms with van der Waals surface area (Å²) in [5.41, 5.74) is 1.33. The van der Waals surface area contributed by atoms with E-state index >= 15 is 0 Å². The molecule has 0 radical (unpaired) electrons. The van der Waals surface area contributed by atoms with Crippen molar-refractivity contribution < 1.29 is 42.6 Å². The van der Waals surface area contributed by atoms with Gasteiger partial charge < -0.3 is 42.6 Å². The Kier molecular flexibility index (Phi) is 12.3. The fourth-order valence-electron chi connectivity index (χ4n) is 7.52. The molecule has 4 atom stereocenters. The molecular weight excluding hydrogens is 785 g/mol. The molecule has 1 aromatic rings. The molecule has 4 unspecified atom stereocenters. The van der Waals surface area contributed by atoms with Crippen molar-refractivity contribution in [2.75, 3.05) is 72.7 Å². The third-order valence-electron chi connectivity index (χ3n) is 9.92. The molecular formula is C40H52O9S5. The molecule has 296 valence electrons. The first-order valence-corrected chi connectivity index (χ1v) is 23.6. The number of hydrogen-bond donors (Lipinski definition) is 0. The van der Waals surface area contributed by atoms with Crippen LogP contribution in [0.5, 0.6) is 11.5 Å². The van der Waals surface area contributed by atoms with Gasteiger partial charge >= 0.3 is 0 Å². The maximum absolute atomic E-state index is 6.56. The van der Waals surface area contributed by atoms with E-state index in [1.165, 1.54) is 10.5 Å². The van der Waals surface area contributed by atoms with Gasteiger partial charge in [-0.1, -0.05) is 72.0 Å². The fourth-order valence-corrected chi connectivity index (χ4v) is 14.6. The molecule has 8 aliphatic heterocycles. The smallest absolute Gasteiger partial charge is 0.181 e. The molecule has 3 saturated heterocycles. The molecule has 0 N–H and O–H groups in total. The van der Waals surface area contributed by atoms with Crippen molar-refractivity contribution in [3.63, 3.8) is 0 Å². The van der Waals surface area contributed by atoms with Gasteiger partial charge in [0.2, 0.25) is 0 Å². The maximum atomic E-state index is 6.56. The van der Waals surface area contributed by atoms with E-state index in [-0.39, 0.29) is 22.9 Å². The molecule has 0 saturated carbocycles. The Morgan fingerprint density at radius 2 is 1.28 bits per heavy atom. The first-order valence-electron chi connectivity index (χ1n) is 19.3. The Hall–Kier alpha value is -1.36. The van der Waals surface area contributed by atoms with Crippen LogP contribution in [0.3, 0.4) is 0 Å². The summed E-state index contributed by atoms with van der Waals surface area (Å²) in [4.78, 5) is 6.88. The average molecular weight is 837 g/mol. The van der Waals surface area contributed by atoms with Gasteiger partial charge in [0.15, 0.2) is 23.0 Å².